The first-order valence-corrected chi connectivity index (χ1v) is 5.44. The Morgan fingerprint density at radius 2 is 2.14 bits per heavy atom. The molecule has 14 heavy (non-hydrogen) atoms. The van der Waals surface area contributed by atoms with Crippen LogP contribution in [0.15, 0.2) is 18.3 Å². The second-order valence-corrected chi connectivity index (χ2v) is 4.22. The van der Waals surface area contributed by atoms with Crippen molar-refractivity contribution in [1.29, 1.82) is 0 Å². The molecule has 0 radical (unpaired) electrons. The Kier molecular flexibility index (Phi) is 2.77. The van der Waals surface area contributed by atoms with Crippen LogP contribution in [0.1, 0.15) is 42.9 Å². The number of rotatable bonds is 2. The van der Waals surface area contributed by atoms with E-state index in [1.165, 1.54) is 25.7 Å². The Labute approximate surface area is 89.5 Å². The zero-order valence-electron chi connectivity index (χ0n) is 8.07. The summed E-state index contributed by atoms with van der Waals surface area (Å²) in [4.78, 5) is 4.89. The minimum absolute atomic E-state index is 0.472. The van der Waals surface area contributed by atoms with Gasteiger partial charge in [-0.3, -0.25) is 4.98 Å². The van der Waals surface area contributed by atoms with Gasteiger partial charge in [-0.15, -0.1) is 0 Å². The van der Waals surface area contributed by atoms with E-state index in [9.17, 15) is 0 Å². The summed E-state index contributed by atoms with van der Waals surface area (Å²) in [5.41, 5.74) is 7.75. The van der Waals surface area contributed by atoms with E-state index in [-0.39, 0.29) is 0 Å². The number of pyridine rings is 1. The molecule has 1 aliphatic carbocycles. The Bertz CT molecular complexity index is 343. The summed E-state index contributed by atoms with van der Waals surface area (Å²) in [5, 5.41) is 0. The Morgan fingerprint density at radius 1 is 1.43 bits per heavy atom. The van der Waals surface area contributed by atoms with Crippen LogP contribution in [0, 0.1) is 0 Å². The molecule has 74 valence electrons. The summed E-state index contributed by atoms with van der Waals surface area (Å²) in [7, 11) is 0. The fourth-order valence-electron chi connectivity index (χ4n) is 2.15. The van der Waals surface area contributed by atoms with Crippen LogP contribution in [0.25, 0.3) is 0 Å². The maximum Gasteiger partial charge on any atom is 0.105 e. The first-order valence-electron chi connectivity index (χ1n) is 5.04. The third-order valence-corrected chi connectivity index (χ3v) is 3.07. The van der Waals surface area contributed by atoms with Gasteiger partial charge in [0, 0.05) is 17.7 Å². The summed E-state index contributed by atoms with van der Waals surface area (Å²) in [5.74, 6) is 0.577. The maximum atomic E-state index is 5.67. The standard InChI is InChI=1S/C11H14N2S/c12-11(14)9-6-3-7-13-10(9)8-4-1-2-5-8/h3,6-8H,1-2,4-5H2,(H2,12,14). The molecule has 0 amide bonds. The van der Waals surface area contributed by atoms with E-state index in [2.05, 4.69) is 4.98 Å². The third-order valence-electron chi connectivity index (χ3n) is 2.85. The van der Waals surface area contributed by atoms with Gasteiger partial charge in [0.15, 0.2) is 0 Å². The highest BCUT2D eigenvalue weighted by Crippen LogP contribution is 2.34. The van der Waals surface area contributed by atoms with Crippen molar-refractivity contribution in [3.63, 3.8) is 0 Å². The Hall–Kier alpha value is -0.960. The van der Waals surface area contributed by atoms with Crippen molar-refractivity contribution in [2.75, 3.05) is 0 Å². The molecule has 0 atom stereocenters. The molecule has 1 aromatic heterocycles. The Balaban J connectivity index is 2.35. The van der Waals surface area contributed by atoms with Crippen LogP contribution in [0.5, 0.6) is 0 Å². The van der Waals surface area contributed by atoms with Gasteiger partial charge in [0.2, 0.25) is 0 Å². The highest BCUT2D eigenvalue weighted by atomic mass is 32.1. The predicted octanol–water partition coefficient (Wildman–Crippen LogP) is 2.37. The fourth-order valence-corrected chi connectivity index (χ4v) is 2.32. The van der Waals surface area contributed by atoms with Gasteiger partial charge in [0.25, 0.3) is 0 Å². The molecule has 1 heterocycles. The quantitative estimate of drug-likeness (QED) is 0.755. The molecule has 1 aliphatic rings. The smallest absolute Gasteiger partial charge is 0.105 e. The highest BCUT2D eigenvalue weighted by molar-refractivity contribution is 7.80. The van der Waals surface area contributed by atoms with Crippen molar-refractivity contribution in [3.8, 4) is 0 Å². The number of aromatic nitrogens is 1. The van der Waals surface area contributed by atoms with Crippen LogP contribution >= 0.6 is 12.2 Å². The molecule has 2 N–H and O–H groups in total. The van der Waals surface area contributed by atoms with Crippen molar-refractivity contribution in [3.05, 3.63) is 29.6 Å². The lowest BCUT2D eigenvalue weighted by Gasteiger charge is -2.12. The first-order chi connectivity index (χ1) is 6.79. The second kappa shape index (κ2) is 4.05. The van der Waals surface area contributed by atoms with E-state index in [1.807, 2.05) is 18.3 Å². The van der Waals surface area contributed by atoms with Gasteiger partial charge in [0.05, 0.1) is 5.69 Å². The highest BCUT2D eigenvalue weighted by Gasteiger charge is 2.21. The number of hydrogen-bond donors (Lipinski definition) is 1. The molecule has 0 unspecified atom stereocenters. The number of nitrogens with two attached hydrogens (primary N) is 1. The molecule has 0 aromatic carbocycles. The molecular weight excluding hydrogens is 192 g/mol. The average molecular weight is 206 g/mol. The van der Waals surface area contributed by atoms with Gasteiger partial charge in [-0.2, -0.15) is 0 Å². The van der Waals surface area contributed by atoms with Crippen molar-refractivity contribution in [1.82, 2.24) is 4.98 Å². The predicted molar refractivity (Wildman–Crippen MR) is 61.3 cm³/mol. The lowest BCUT2D eigenvalue weighted by Crippen LogP contribution is -2.14. The van der Waals surface area contributed by atoms with E-state index in [1.54, 1.807) is 0 Å². The molecule has 1 aromatic rings. The van der Waals surface area contributed by atoms with Crippen LogP contribution in [0.3, 0.4) is 0 Å². The van der Waals surface area contributed by atoms with E-state index >= 15 is 0 Å². The van der Waals surface area contributed by atoms with Crippen molar-refractivity contribution < 1.29 is 0 Å². The van der Waals surface area contributed by atoms with Crippen LogP contribution in [-0.4, -0.2) is 9.97 Å². The third kappa shape index (κ3) is 1.77. The molecule has 3 heteroatoms. The van der Waals surface area contributed by atoms with Gasteiger partial charge in [-0.1, -0.05) is 25.1 Å². The summed E-state index contributed by atoms with van der Waals surface area (Å²) < 4.78 is 0. The zero-order valence-corrected chi connectivity index (χ0v) is 8.89. The Morgan fingerprint density at radius 3 is 2.79 bits per heavy atom. The molecule has 0 saturated heterocycles. The topological polar surface area (TPSA) is 38.9 Å². The average Bonchev–Trinajstić information content (AvgIpc) is 2.70. The largest absolute Gasteiger partial charge is 0.389 e. The van der Waals surface area contributed by atoms with Crippen molar-refractivity contribution in [2.24, 2.45) is 5.73 Å². The second-order valence-electron chi connectivity index (χ2n) is 3.78. The molecule has 1 fully saturated rings. The van der Waals surface area contributed by atoms with E-state index < -0.39 is 0 Å². The maximum absolute atomic E-state index is 5.67. The number of thiocarbonyl (C=S) groups is 1. The first kappa shape index (κ1) is 9.59. The molecule has 0 aliphatic heterocycles. The van der Waals surface area contributed by atoms with Gasteiger partial charge in [-0.25, -0.2) is 0 Å². The summed E-state index contributed by atoms with van der Waals surface area (Å²) in [6.45, 7) is 0. The normalized spacial score (nSPS) is 17.1. The lowest BCUT2D eigenvalue weighted by atomic mass is 9.99. The molecule has 2 rings (SSSR count). The van der Waals surface area contributed by atoms with Crippen LogP contribution < -0.4 is 5.73 Å². The van der Waals surface area contributed by atoms with Gasteiger partial charge in [-0.05, 0) is 25.0 Å². The zero-order chi connectivity index (χ0) is 9.97. The molecule has 0 bridgehead atoms. The van der Waals surface area contributed by atoms with Crippen LogP contribution in [0.4, 0.5) is 0 Å². The van der Waals surface area contributed by atoms with Crippen LogP contribution in [0.2, 0.25) is 0 Å². The minimum atomic E-state index is 0.472. The lowest BCUT2D eigenvalue weighted by molar-refractivity contribution is 0.696. The summed E-state index contributed by atoms with van der Waals surface area (Å²) in [6.07, 6.45) is 6.89. The molecule has 1 saturated carbocycles. The SMILES string of the molecule is NC(=S)c1cccnc1C1CCCC1. The van der Waals surface area contributed by atoms with E-state index in [0.717, 1.165) is 11.3 Å². The molecule has 2 nitrogen and oxygen atoms in total. The van der Waals surface area contributed by atoms with Gasteiger partial charge >= 0.3 is 0 Å². The van der Waals surface area contributed by atoms with Gasteiger partial charge in [0.1, 0.15) is 4.99 Å². The minimum Gasteiger partial charge on any atom is -0.389 e. The van der Waals surface area contributed by atoms with Crippen molar-refractivity contribution in [2.45, 2.75) is 31.6 Å². The van der Waals surface area contributed by atoms with E-state index in [0.29, 0.717) is 10.9 Å². The number of hydrogen-bond acceptors (Lipinski definition) is 2. The van der Waals surface area contributed by atoms with E-state index in [4.69, 9.17) is 18.0 Å². The fraction of sp³-hybridized carbons (Fsp3) is 0.455. The summed E-state index contributed by atoms with van der Waals surface area (Å²) >= 11 is 5.02. The van der Waals surface area contributed by atoms with Crippen LogP contribution in [-0.2, 0) is 0 Å². The summed E-state index contributed by atoms with van der Waals surface area (Å²) in [6, 6.07) is 3.87. The number of nitrogens with zero attached hydrogens (tertiary/aromatic N) is 1. The monoisotopic (exact) mass is 206 g/mol. The molecule has 0 spiro atoms. The molecular formula is C11H14N2S. The van der Waals surface area contributed by atoms with Crippen molar-refractivity contribution >= 4 is 17.2 Å². The van der Waals surface area contributed by atoms with Gasteiger partial charge < -0.3 is 5.73 Å².